The number of carbonyl (C=O) groups is 2. The SMILES string of the molecule is COc1cc(C=O)cc([N+](=O)[O-])c1O[C@@H](C)C(=O)O. The highest BCUT2D eigenvalue weighted by Crippen LogP contribution is 2.38. The Kier molecular flexibility index (Phi) is 4.41. The zero-order valence-corrected chi connectivity index (χ0v) is 10.2. The number of carboxylic acid groups (broad SMARTS) is 1. The fraction of sp³-hybridized carbons (Fsp3) is 0.273. The van der Waals surface area contributed by atoms with Gasteiger partial charge >= 0.3 is 11.7 Å². The largest absolute Gasteiger partial charge is 0.493 e. The first-order valence-corrected chi connectivity index (χ1v) is 5.11. The number of aldehydes is 1. The number of nitro benzene ring substituents is 1. The maximum Gasteiger partial charge on any atom is 0.344 e. The minimum atomic E-state index is -1.30. The number of carboxylic acids is 1. The summed E-state index contributed by atoms with van der Waals surface area (Å²) in [7, 11) is 1.23. The highest BCUT2D eigenvalue weighted by molar-refractivity contribution is 5.80. The van der Waals surface area contributed by atoms with E-state index in [9.17, 15) is 19.7 Å². The second-order valence-corrected chi connectivity index (χ2v) is 3.54. The maximum absolute atomic E-state index is 10.9. The van der Waals surface area contributed by atoms with E-state index in [4.69, 9.17) is 14.6 Å². The van der Waals surface area contributed by atoms with Gasteiger partial charge in [0.25, 0.3) is 0 Å². The molecule has 1 atom stereocenters. The Morgan fingerprint density at radius 1 is 1.53 bits per heavy atom. The summed E-state index contributed by atoms with van der Waals surface area (Å²) in [4.78, 5) is 31.5. The summed E-state index contributed by atoms with van der Waals surface area (Å²) in [6.07, 6.45) is -0.880. The molecule has 0 bridgehead atoms. The van der Waals surface area contributed by atoms with E-state index in [0.717, 1.165) is 6.07 Å². The number of nitrogens with zero attached hydrogens (tertiary/aromatic N) is 1. The van der Waals surface area contributed by atoms with Crippen molar-refractivity contribution in [1.82, 2.24) is 0 Å². The lowest BCUT2D eigenvalue weighted by Crippen LogP contribution is -2.23. The van der Waals surface area contributed by atoms with Crippen molar-refractivity contribution in [2.24, 2.45) is 0 Å². The van der Waals surface area contributed by atoms with Crippen LogP contribution < -0.4 is 9.47 Å². The van der Waals surface area contributed by atoms with Gasteiger partial charge in [0.05, 0.1) is 12.0 Å². The van der Waals surface area contributed by atoms with Crippen LogP contribution in [0.2, 0.25) is 0 Å². The Morgan fingerprint density at radius 3 is 2.58 bits per heavy atom. The van der Waals surface area contributed by atoms with Gasteiger partial charge in [0, 0.05) is 11.6 Å². The lowest BCUT2D eigenvalue weighted by molar-refractivity contribution is -0.386. The summed E-state index contributed by atoms with van der Waals surface area (Å²) in [6.45, 7) is 1.22. The van der Waals surface area contributed by atoms with Crippen molar-refractivity contribution < 1.29 is 29.1 Å². The number of carbonyl (C=O) groups excluding carboxylic acids is 1. The first-order valence-electron chi connectivity index (χ1n) is 5.11. The highest BCUT2D eigenvalue weighted by atomic mass is 16.6. The summed E-state index contributed by atoms with van der Waals surface area (Å²) in [5.41, 5.74) is -0.506. The summed E-state index contributed by atoms with van der Waals surface area (Å²) in [5.74, 6) is -1.69. The van der Waals surface area contributed by atoms with E-state index in [1.165, 1.54) is 20.1 Å². The number of hydrogen-bond acceptors (Lipinski definition) is 6. The number of hydrogen-bond donors (Lipinski definition) is 1. The second kappa shape index (κ2) is 5.80. The molecule has 1 N–H and O–H groups in total. The van der Waals surface area contributed by atoms with Crippen LogP contribution in [0, 0.1) is 10.1 Å². The summed E-state index contributed by atoms with van der Waals surface area (Å²) >= 11 is 0. The van der Waals surface area contributed by atoms with Crippen LogP contribution in [0.25, 0.3) is 0 Å². The van der Waals surface area contributed by atoms with E-state index in [-0.39, 0.29) is 17.1 Å². The maximum atomic E-state index is 10.9. The minimum Gasteiger partial charge on any atom is -0.493 e. The molecule has 102 valence electrons. The van der Waals surface area contributed by atoms with Crippen LogP contribution in [-0.2, 0) is 4.79 Å². The Bertz CT molecular complexity index is 526. The molecule has 0 saturated heterocycles. The number of ether oxygens (including phenoxy) is 2. The van der Waals surface area contributed by atoms with Crippen molar-refractivity contribution >= 4 is 17.9 Å². The molecule has 0 saturated carbocycles. The van der Waals surface area contributed by atoms with Crippen LogP contribution in [-0.4, -0.2) is 35.5 Å². The second-order valence-electron chi connectivity index (χ2n) is 3.54. The van der Waals surface area contributed by atoms with Crippen LogP contribution >= 0.6 is 0 Å². The number of aliphatic carboxylic acids is 1. The molecule has 0 heterocycles. The van der Waals surface area contributed by atoms with E-state index < -0.39 is 22.7 Å². The minimum absolute atomic E-state index is 0.0267. The predicted octanol–water partition coefficient (Wildman–Crippen LogP) is 1.27. The Labute approximate surface area is 107 Å². The molecule has 19 heavy (non-hydrogen) atoms. The van der Waals surface area contributed by atoms with E-state index in [1.54, 1.807) is 0 Å². The smallest absolute Gasteiger partial charge is 0.344 e. The van der Waals surface area contributed by atoms with Crippen molar-refractivity contribution in [3.63, 3.8) is 0 Å². The zero-order valence-electron chi connectivity index (χ0n) is 10.2. The van der Waals surface area contributed by atoms with E-state index in [2.05, 4.69) is 0 Å². The number of nitro groups is 1. The van der Waals surface area contributed by atoms with Gasteiger partial charge in [0.15, 0.2) is 11.9 Å². The van der Waals surface area contributed by atoms with Crippen molar-refractivity contribution in [2.45, 2.75) is 13.0 Å². The molecule has 0 aliphatic rings. The Hall–Kier alpha value is -2.64. The highest BCUT2D eigenvalue weighted by Gasteiger charge is 2.26. The molecule has 0 unspecified atom stereocenters. The van der Waals surface area contributed by atoms with Crippen molar-refractivity contribution in [3.05, 3.63) is 27.8 Å². The van der Waals surface area contributed by atoms with Crippen LogP contribution in [0.4, 0.5) is 5.69 Å². The normalized spacial score (nSPS) is 11.5. The molecule has 0 aromatic heterocycles. The van der Waals surface area contributed by atoms with Gasteiger partial charge in [-0.05, 0) is 13.0 Å². The van der Waals surface area contributed by atoms with Crippen LogP contribution in [0.1, 0.15) is 17.3 Å². The standard InChI is InChI=1S/C11H11NO7/c1-6(11(14)15)19-10-8(12(16)17)3-7(5-13)4-9(10)18-2/h3-6H,1-2H3,(H,14,15)/t6-/m0/s1. The van der Waals surface area contributed by atoms with Crippen molar-refractivity contribution in [2.75, 3.05) is 7.11 Å². The first-order chi connectivity index (χ1) is 8.90. The molecular weight excluding hydrogens is 258 g/mol. The van der Waals surface area contributed by atoms with Gasteiger partial charge in [0.1, 0.15) is 6.29 Å². The molecule has 8 nitrogen and oxygen atoms in total. The molecule has 0 aliphatic heterocycles. The average Bonchev–Trinajstić information content (AvgIpc) is 2.38. The molecule has 0 aliphatic carbocycles. The molecule has 1 rings (SSSR count). The average molecular weight is 269 g/mol. The van der Waals surface area contributed by atoms with E-state index >= 15 is 0 Å². The van der Waals surface area contributed by atoms with Crippen LogP contribution in [0.5, 0.6) is 11.5 Å². The summed E-state index contributed by atoms with van der Waals surface area (Å²) in [5, 5.41) is 19.7. The van der Waals surface area contributed by atoms with Gasteiger partial charge < -0.3 is 14.6 Å². The van der Waals surface area contributed by atoms with Gasteiger partial charge in [0.2, 0.25) is 5.75 Å². The van der Waals surface area contributed by atoms with Crippen LogP contribution in [0.15, 0.2) is 12.1 Å². The van der Waals surface area contributed by atoms with E-state index in [0.29, 0.717) is 6.29 Å². The van der Waals surface area contributed by atoms with Crippen molar-refractivity contribution in [3.8, 4) is 11.5 Å². The molecule has 1 aromatic carbocycles. The first kappa shape index (κ1) is 14.4. The molecule has 0 radical (unpaired) electrons. The predicted molar refractivity (Wildman–Crippen MR) is 62.8 cm³/mol. The van der Waals surface area contributed by atoms with Gasteiger partial charge in [-0.1, -0.05) is 0 Å². The fourth-order valence-electron chi connectivity index (χ4n) is 1.31. The molecule has 0 spiro atoms. The number of rotatable bonds is 6. The van der Waals surface area contributed by atoms with Crippen molar-refractivity contribution in [1.29, 1.82) is 0 Å². The third-order valence-corrected chi connectivity index (χ3v) is 2.25. The van der Waals surface area contributed by atoms with Gasteiger partial charge in [-0.3, -0.25) is 14.9 Å². The molecule has 0 amide bonds. The van der Waals surface area contributed by atoms with Gasteiger partial charge in [-0.15, -0.1) is 0 Å². The Balaban J connectivity index is 3.37. The Morgan fingerprint density at radius 2 is 2.16 bits per heavy atom. The third kappa shape index (κ3) is 3.18. The lowest BCUT2D eigenvalue weighted by Gasteiger charge is -2.14. The zero-order chi connectivity index (χ0) is 14.6. The van der Waals surface area contributed by atoms with Gasteiger partial charge in [-0.2, -0.15) is 0 Å². The number of benzene rings is 1. The summed E-state index contributed by atoms with van der Waals surface area (Å²) < 4.78 is 9.89. The van der Waals surface area contributed by atoms with Crippen LogP contribution in [0.3, 0.4) is 0 Å². The lowest BCUT2D eigenvalue weighted by atomic mass is 10.2. The molecule has 8 heteroatoms. The van der Waals surface area contributed by atoms with Gasteiger partial charge in [-0.25, -0.2) is 4.79 Å². The topological polar surface area (TPSA) is 116 Å². The fourth-order valence-corrected chi connectivity index (χ4v) is 1.31. The molecule has 0 fully saturated rings. The van der Waals surface area contributed by atoms with E-state index in [1.807, 2.05) is 0 Å². The summed E-state index contributed by atoms with van der Waals surface area (Å²) in [6, 6.07) is 2.21. The molecule has 1 aromatic rings. The quantitative estimate of drug-likeness (QED) is 0.469. The monoisotopic (exact) mass is 269 g/mol. The third-order valence-electron chi connectivity index (χ3n) is 2.25. The number of methoxy groups -OCH3 is 1. The molecular formula is C11H11NO7.